The number of carbonyl (C=O) groups excluding carboxylic acids is 1. The van der Waals surface area contributed by atoms with Crippen LogP contribution in [-0.4, -0.2) is 25.5 Å². The largest absolute Gasteiger partial charge is 0.355 e. The van der Waals surface area contributed by atoms with E-state index < -0.39 is 0 Å². The lowest BCUT2D eigenvalue weighted by molar-refractivity contribution is -0.132. The van der Waals surface area contributed by atoms with Gasteiger partial charge in [-0.2, -0.15) is 0 Å². The van der Waals surface area contributed by atoms with Crippen LogP contribution in [0.15, 0.2) is 0 Å². The number of hydrogen-bond acceptors (Lipinski definition) is 2. The van der Waals surface area contributed by atoms with Crippen LogP contribution in [0.25, 0.3) is 0 Å². The Morgan fingerprint density at radius 3 is 2.53 bits per heavy atom. The van der Waals surface area contributed by atoms with Gasteiger partial charge in [0.25, 0.3) is 0 Å². The predicted octanol–water partition coefficient (Wildman–Crippen LogP) is 2.17. The summed E-state index contributed by atoms with van der Waals surface area (Å²) < 4.78 is 0. The van der Waals surface area contributed by atoms with Crippen LogP contribution in [-0.2, 0) is 4.79 Å². The van der Waals surface area contributed by atoms with E-state index in [1.54, 1.807) is 0 Å². The summed E-state index contributed by atoms with van der Waals surface area (Å²) in [5, 5.41) is 6.48. The summed E-state index contributed by atoms with van der Waals surface area (Å²) in [6.45, 7) is 13.4. The lowest BCUT2D eigenvalue weighted by Gasteiger charge is -2.33. The average molecular weight is 240 g/mol. The first-order valence-corrected chi connectivity index (χ1v) is 6.83. The van der Waals surface area contributed by atoms with E-state index >= 15 is 0 Å². The Morgan fingerprint density at radius 1 is 1.47 bits per heavy atom. The summed E-state index contributed by atoms with van der Waals surface area (Å²) in [7, 11) is 0. The maximum Gasteiger partial charge on any atom is 0.227 e. The van der Waals surface area contributed by atoms with Crippen LogP contribution in [0.2, 0.25) is 0 Å². The van der Waals surface area contributed by atoms with E-state index in [4.69, 9.17) is 0 Å². The van der Waals surface area contributed by atoms with Gasteiger partial charge < -0.3 is 10.6 Å². The van der Waals surface area contributed by atoms with Crippen molar-refractivity contribution < 1.29 is 4.79 Å². The van der Waals surface area contributed by atoms with Crippen LogP contribution in [0.1, 0.15) is 47.5 Å². The summed E-state index contributed by atoms with van der Waals surface area (Å²) in [4.78, 5) is 12.4. The van der Waals surface area contributed by atoms with Crippen LogP contribution in [0.4, 0.5) is 0 Å². The van der Waals surface area contributed by atoms with E-state index in [2.05, 4.69) is 45.3 Å². The first-order chi connectivity index (χ1) is 7.84. The lowest BCUT2D eigenvalue weighted by atomic mass is 9.75. The third kappa shape index (κ3) is 3.21. The minimum atomic E-state index is -0.191. The van der Waals surface area contributed by atoms with E-state index in [-0.39, 0.29) is 16.7 Å². The van der Waals surface area contributed by atoms with Crippen molar-refractivity contribution >= 4 is 5.91 Å². The van der Waals surface area contributed by atoms with Crippen LogP contribution < -0.4 is 10.6 Å². The van der Waals surface area contributed by atoms with Gasteiger partial charge in [0.15, 0.2) is 0 Å². The molecular weight excluding hydrogens is 212 g/mol. The molecule has 0 aromatic heterocycles. The summed E-state index contributed by atoms with van der Waals surface area (Å²) >= 11 is 0. The molecule has 100 valence electrons. The molecule has 0 radical (unpaired) electrons. The predicted molar refractivity (Wildman–Crippen MR) is 71.8 cm³/mol. The van der Waals surface area contributed by atoms with Crippen molar-refractivity contribution in [1.82, 2.24) is 10.6 Å². The molecule has 2 N–H and O–H groups in total. The van der Waals surface area contributed by atoms with E-state index in [0.717, 1.165) is 32.5 Å². The molecule has 0 aliphatic carbocycles. The summed E-state index contributed by atoms with van der Waals surface area (Å²) in [5.41, 5.74) is 0.00365. The highest BCUT2D eigenvalue weighted by atomic mass is 16.2. The fourth-order valence-corrected chi connectivity index (χ4v) is 2.28. The van der Waals surface area contributed by atoms with Crippen molar-refractivity contribution in [2.75, 3.05) is 19.6 Å². The van der Waals surface area contributed by atoms with Gasteiger partial charge in [-0.15, -0.1) is 0 Å². The molecule has 1 fully saturated rings. The molecule has 1 atom stereocenters. The maximum absolute atomic E-state index is 12.4. The van der Waals surface area contributed by atoms with E-state index in [9.17, 15) is 4.79 Å². The summed E-state index contributed by atoms with van der Waals surface area (Å²) in [6, 6.07) is 0. The Kier molecular flexibility index (Phi) is 4.59. The Labute approximate surface area is 106 Å². The molecule has 1 aliphatic rings. The van der Waals surface area contributed by atoms with Gasteiger partial charge in [-0.3, -0.25) is 4.79 Å². The average Bonchev–Trinajstić information content (AvgIpc) is 2.76. The smallest absolute Gasteiger partial charge is 0.227 e. The van der Waals surface area contributed by atoms with Gasteiger partial charge in [0.2, 0.25) is 5.91 Å². The first-order valence-electron chi connectivity index (χ1n) is 6.83. The molecule has 1 amide bonds. The molecule has 3 heteroatoms. The van der Waals surface area contributed by atoms with Crippen LogP contribution in [0.3, 0.4) is 0 Å². The second-order valence-corrected chi connectivity index (χ2v) is 6.44. The van der Waals surface area contributed by atoms with Crippen molar-refractivity contribution in [2.24, 2.45) is 16.7 Å². The fourth-order valence-electron chi connectivity index (χ4n) is 2.28. The molecule has 0 saturated carbocycles. The third-order valence-corrected chi connectivity index (χ3v) is 4.43. The minimum Gasteiger partial charge on any atom is -0.355 e. The number of nitrogens with one attached hydrogen (secondary N) is 2. The summed E-state index contributed by atoms with van der Waals surface area (Å²) in [6.07, 6.45) is 2.04. The fraction of sp³-hybridized carbons (Fsp3) is 0.929. The molecule has 3 nitrogen and oxygen atoms in total. The normalized spacial score (nSPS) is 25.3. The highest BCUT2D eigenvalue weighted by molar-refractivity contribution is 5.83. The number of hydrogen-bond donors (Lipinski definition) is 2. The SMILES string of the molecule is CCC(C)(C)CNC(=O)C1(C(C)C)CCNC1. The third-order valence-electron chi connectivity index (χ3n) is 4.43. The minimum absolute atomic E-state index is 0.191. The number of rotatable bonds is 5. The second kappa shape index (κ2) is 5.38. The van der Waals surface area contributed by atoms with E-state index in [0.29, 0.717) is 5.92 Å². The molecule has 1 rings (SSSR count). The molecular formula is C14H28N2O. The van der Waals surface area contributed by atoms with Gasteiger partial charge in [0.1, 0.15) is 0 Å². The topological polar surface area (TPSA) is 41.1 Å². The lowest BCUT2D eigenvalue weighted by Crippen LogP contribution is -2.48. The van der Waals surface area contributed by atoms with Gasteiger partial charge in [0.05, 0.1) is 5.41 Å². The molecule has 1 aliphatic heterocycles. The van der Waals surface area contributed by atoms with Crippen LogP contribution in [0, 0.1) is 16.7 Å². The van der Waals surface area contributed by atoms with Gasteiger partial charge in [-0.25, -0.2) is 0 Å². The zero-order chi connectivity index (χ0) is 13.1. The zero-order valence-corrected chi connectivity index (χ0v) is 12.0. The molecule has 0 bridgehead atoms. The zero-order valence-electron chi connectivity index (χ0n) is 12.0. The standard InChI is InChI=1S/C14H28N2O/c1-6-13(4,5)9-16-12(17)14(11(2)3)7-8-15-10-14/h11,15H,6-10H2,1-5H3,(H,16,17). The molecule has 1 unspecified atom stereocenters. The van der Waals surface area contributed by atoms with E-state index in [1.165, 1.54) is 0 Å². The highest BCUT2D eigenvalue weighted by Gasteiger charge is 2.43. The van der Waals surface area contributed by atoms with Gasteiger partial charge >= 0.3 is 0 Å². The van der Waals surface area contributed by atoms with Crippen molar-refractivity contribution in [1.29, 1.82) is 0 Å². The highest BCUT2D eigenvalue weighted by Crippen LogP contribution is 2.34. The Hall–Kier alpha value is -0.570. The Balaban J connectivity index is 2.62. The monoisotopic (exact) mass is 240 g/mol. The van der Waals surface area contributed by atoms with E-state index in [1.807, 2.05) is 0 Å². The maximum atomic E-state index is 12.4. The van der Waals surface area contributed by atoms with Crippen LogP contribution in [0.5, 0.6) is 0 Å². The molecule has 0 aromatic carbocycles. The van der Waals surface area contributed by atoms with Crippen molar-refractivity contribution in [3.05, 3.63) is 0 Å². The van der Waals surface area contributed by atoms with Crippen molar-refractivity contribution in [3.8, 4) is 0 Å². The van der Waals surface area contributed by atoms with Crippen molar-refractivity contribution in [3.63, 3.8) is 0 Å². The summed E-state index contributed by atoms with van der Waals surface area (Å²) in [5.74, 6) is 0.626. The van der Waals surface area contributed by atoms with Gasteiger partial charge in [0, 0.05) is 13.1 Å². The first kappa shape index (κ1) is 14.5. The van der Waals surface area contributed by atoms with Crippen molar-refractivity contribution in [2.45, 2.75) is 47.5 Å². The molecule has 1 heterocycles. The number of carbonyl (C=O) groups is 1. The van der Waals surface area contributed by atoms with Crippen LogP contribution >= 0.6 is 0 Å². The molecule has 0 spiro atoms. The molecule has 0 aromatic rings. The second-order valence-electron chi connectivity index (χ2n) is 6.44. The molecule has 17 heavy (non-hydrogen) atoms. The Morgan fingerprint density at radius 2 is 2.12 bits per heavy atom. The number of amides is 1. The van der Waals surface area contributed by atoms with Gasteiger partial charge in [-0.05, 0) is 30.7 Å². The molecule has 1 saturated heterocycles. The van der Waals surface area contributed by atoms with Gasteiger partial charge in [-0.1, -0.05) is 34.6 Å². The Bertz CT molecular complexity index is 265. The quantitative estimate of drug-likeness (QED) is 0.773.